The van der Waals surface area contributed by atoms with Gasteiger partial charge in [0.25, 0.3) is 5.56 Å². The maximum Gasteiger partial charge on any atom is 0.278 e. The molecule has 1 saturated heterocycles. The van der Waals surface area contributed by atoms with E-state index in [1.807, 2.05) is 26.8 Å². The summed E-state index contributed by atoms with van der Waals surface area (Å²) >= 11 is 1.48. The normalized spacial score (nSPS) is 22.2. The van der Waals surface area contributed by atoms with Gasteiger partial charge in [0.05, 0.1) is 30.7 Å². The highest BCUT2D eigenvalue weighted by atomic mass is 32.1. The Morgan fingerprint density at radius 1 is 1.55 bits per heavy atom. The average molecular weight is 295 g/mol. The Morgan fingerprint density at radius 3 is 3.10 bits per heavy atom. The van der Waals surface area contributed by atoms with E-state index in [0.29, 0.717) is 30.0 Å². The van der Waals surface area contributed by atoms with E-state index < -0.39 is 0 Å². The van der Waals surface area contributed by atoms with E-state index in [2.05, 4.69) is 10.3 Å². The minimum atomic E-state index is -0.330. The molecule has 0 bridgehead atoms. The van der Waals surface area contributed by atoms with Gasteiger partial charge in [0.15, 0.2) is 4.83 Å². The van der Waals surface area contributed by atoms with E-state index in [9.17, 15) is 4.79 Å². The molecule has 1 aliphatic rings. The summed E-state index contributed by atoms with van der Waals surface area (Å²) in [5.74, 6) is 0. The van der Waals surface area contributed by atoms with Gasteiger partial charge in [0.2, 0.25) is 0 Å². The Bertz CT molecular complexity index is 692. The van der Waals surface area contributed by atoms with Gasteiger partial charge in [-0.1, -0.05) is 5.21 Å². The van der Waals surface area contributed by atoms with Crippen molar-refractivity contribution in [2.45, 2.75) is 39.0 Å². The lowest BCUT2D eigenvalue weighted by Gasteiger charge is -2.35. The van der Waals surface area contributed by atoms with Crippen LogP contribution in [0.3, 0.4) is 0 Å². The van der Waals surface area contributed by atoms with E-state index >= 15 is 0 Å². The molecule has 3 heterocycles. The van der Waals surface area contributed by atoms with Crippen LogP contribution in [0.25, 0.3) is 10.2 Å². The molecule has 1 fully saturated rings. The second-order valence-corrected chi connectivity index (χ2v) is 6.90. The zero-order valence-corrected chi connectivity index (χ0v) is 12.6. The summed E-state index contributed by atoms with van der Waals surface area (Å²) in [5, 5.41) is 8.71. The van der Waals surface area contributed by atoms with Crippen LogP contribution >= 0.6 is 11.3 Å². The highest BCUT2D eigenvalue weighted by Crippen LogP contribution is 2.20. The zero-order chi connectivity index (χ0) is 14.3. The molecule has 0 aromatic carbocycles. The molecule has 3 rings (SSSR count). The fraction of sp³-hybridized carbons (Fsp3) is 0.615. The quantitative estimate of drug-likeness (QED) is 0.837. The molecule has 2 aromatic heterocycles. The molecule has 0 amide bonds. The standard InChI is InChI=1S/C13H17N3O3S/c1-8-4-10-11(20-8)14-15-16(12(10)17)5-9-6-18-7-13(2,3)19-9/h4,9H,5-7H2,1-3H3. The van der Waals surface area contributed by atoms with E-state index in [1.165, 1.54) is 16.0 Å². The van der Waals surface area contributed by atoms with Crippen LogP contribution in [0, 0.1) is 6.92 Å². The van der Waals surface area contributed by atoms with Crippen LogP contribution in [-0.2, 0) is 16.0 Å². The molecule has 108 valence electrons. The minimum absolute atomic E-state index is 0.119. The van der Waals surface area contributed by atoms with Crippen LogP contribution in [0.1, 0.15) is 18.7 Å². The van der Waals surface area contributed by atoms with Crippen LogP contribution in [0.15, 0.2) is 10.9 Å². The first-order valence-electron chi connectivity index (χ1n) is 6.54. The highest BCUT2D eigenvalue weighted by Gasteiger charge is 2.30. The van der Waals surface area contributed by atoms with Gasteiger partial charge >= 0.3 is 0 Å². The van der Waals surface area contributed by atoms with Crippen molar-refractivity contribution in [3.05, 3.63) is 21.3 Å². The third-order valence-corrected chi connectivity index (χ3v) is 4.09. The van der Waals surface area contributed by atoms with Crippen molar-refractivity contribution in [2.75, 3.05) is 13.2 Å². The second-order valence-electron chi connectivity index (χ2n) is 5.67. The number of fused-ring (bicyclic) bond motifs is 1. The molecule has 1 atom stereocenters. The molecular formula is C13H17N3O3S. The van der Waals surface area contributed by atoms with Crippen molar-refractivity contribution in [2.24, 2.45) is 0 Å². The van der Waals surface area contributed by atoms with E-state index in [1.54, 1.807) is 0 Å². The molecule has 20 heavy (non-hydrogen) atoms. The molecule has 6 nitrogen and oxygen atoms in total. The number of aryl methyl sites for hydroxylation is 1. The Balaban J connectivity index is 1.87. The lowest BCUT2D eigenvalue weighted by atomic mass is 10.1. The number of ether oxygens (including phenoxy) is 2. The third-order valence-electron chi connectivity index (χ3n) is 3.16. The van der Waals surface area contributed by atoms with Crippen LogP contribution < -0.4 is 5.56 Å². The second kappa shape index (κ2) is 4.91. The molecule has 2 aromatic rings. The molecule has 0 radical (unpaired) electrons. The van der Waals surface area contributed by atoms with Gasteiger partial charge in [-0.3, -0.25) is 4.79 Å². The van der Waals surface area contributed by atoms with Crippen molar-refractivity contribution in [1.29, 1.82) is 0 Å². The minimum Gasteiger partial charge on any atom is -0.376 e. The van der Waals surface area contributed by atoms with Crippen LogP contribution in [0.2, 0.25) is 0 Å². The summed E-state index contributed by atoms with van der Waals surface area (Å²) in [6.07, 6.45) is -0.178. The molecule has 0 N–H and O–H groups in total. The number of thiophene rings is 1. The predicted octanol–water partition coefficient (Wildman–Crippen LogP) is 1.36. The lowest BCUT2D eigenvalue weighted by molar-refractivity contribution is -0.186. The van der Waals surface area contributed by atoms with E-state index in [4.69, 9.17) is 9.47 Å². The van der Waals surface area contributed by atoms with E-state index in [-0.39, 0.29) is 17.3 Å². The van der Waals surface area contributed by atoms with Crippen LogP contribution in [0.5, 0.6) is 0 Å². The van der Waals surface area contributed by atoms with Gasteiger partial charge in [-0.15, -0.1) is 16.4 Å². The van der Waals surface area contributed by atoms with Crippen molar-refractivity contribution >= 4 is 21.6 Å². The zero-order valence-electron chi connectivity index (χ0n) is 11.8. The van der Waals surface area contributed by atoms with Gasteiger partial charge < -0.3 is 9.47 Å². The predicted molar refractivity (Wildman–Crippen MR) is 76.2 cm³/mol. The number of hydrogen-bond donors (Lipinski definition) is 0. The first kappa shape index (κ1) is 13.7. The summed E-state index contributed by atoms with van der Waals surface area (Å²) in [5.41, 5.74) is -0.449. The van der Waals surface area contributed by atoms with Gasteiger partial charge in [-0.2, -0.15) is 0 Å². The van der Waals surface area contributed by atoms with Crippen molar-refractivity contribution in [3.63, 3.8) is 0 Å². The van der Waals surface area contributed by atoms with Gasteiger partial charge in [0.1, 0.15) is 6.10 Å². The number of rotatable bonds is 2. The van der Waals surface area contributed by atoms with Crippen molar-refractivity contribution in [1.82, 2.24) is 15.0 Å². The van der Waals surface area contributed by atoms with Gasteiger partial charge in [-0.05, 0) is 26.8 Å². The van der Waals surface area contributed by atoms with Crippen LogP contribution in [-0.4, -0.2) is 39.9 Å². The third kappa shape index (κ3) is 2.61. The maximum atomic E-state index is 12.3. The molecule has 1 aliphatic heterocycles. The largest absolute Gasteiger partial charge is 0.376 e. The Labute approximate surface area is 120 Å². The molecule has 0 saturated carbocycles. The SMILES string of the molecule is Cc1cc2c(=O)n(CC3COCC(C)(C)O3)nnc2s1. The Hall–Kier alpha value is -1.31. The topological polar surface area (TPSA) is 66.2 Å². The Kier molecular flexibility index (Phi) is 3.35. The molecule has 0 aliphatic carbocycles. The smallest absolute Gasteiger partial charge is 0.278 e. The summed E-state index contributed by atoms with van der Waals surface area (Å²) in [6.45, 7) is 7.29. The van der Waals surface area contributed by atoms with Crippen molar-refractivity contribution in [3.8, 4) is 0 Å². The molecule has 7 heteroatoms. The van der Waals surface area contributed by atoms with Crippen molar-refractivity contribution < 1.29 is 9.47 Å². The maximum absolute atomic E-state index is 12.3. The number of nitrogens with zero attached hydrogens (tertiary/aromatic N) is 3. The van der Waals surface area contributed by atoms with Crippen LogP contribution in [0.4, 0.5) is 0 Å². The van der Waals surface area contributed by atoms with E-state index in [0.717, 1.165) is 4.88 Å². The molecule has 0 spiro atoms. The highest BCUT2D eigenvalue weighted by molar-refractivity contribution is 7.18. The monoisotopic (exact) mass is 295 g/mol. The molecule has 1 unspecified atom stereocenters. The Morgan fingerprint density at radius 2 is 2.35 bits per heavy atom. The summed E-state index contributed by atoms with van der Waals surface area (Å²) in [6, 6.07) is 1.86. The van der Waals surface area contributed by atoms with Gasteiger partial charge in [0, 0.05) is 4.88 Å². The number of hydrogen-bond acceptors (Lipinski definition) is 6. The first-order chi connectivity index (χ1) is 9.44. The summed E-state index contributed by atoms with van der Waals surface area (Å²) in [4.78, 5) is 14.1. The summed E-state index contributed by atoms with van der Waals surface area (Å²) < 4.78 is 12.8. The number of aromatic nitrogens is 3. The fourth-order valence-corrected chi connectivity index (χ4v) is 3.18. The average Bonchev–Trinajstić information content (AvgIpc) is 2.73. The summed E-state index contributed by atoms with van der Waals surface area (Å²) in [7, 11) is 0. The lowest BCUT2D eigenvalue weighted by Crippen LogP contribution is -2.46. The first-order valence-corrected chi connectivity index (χ1v) is 7.36. The fourth-order valence-electron chi connectivity index (χ4n) is 2.36. The molecular weight excluding hydrogens is 278 g/mol. The van der Waals surface area contributed by atoms with Gasteiger partial charge in [-0.25, -0.2) is 4.68 Å².